The molecule has 0 aliphatic rings. The predicted octanol–water partition coefficient (Wildman–Crippen LogP) is 3.96. The van der Waals surface area contributed by atoms with Gasteiger partial charge in [0.1, 0.15) is 5.82 Å². The van der Waals surface area contributed by atoms with Gasteiger partial charge in [-0.2, -0.15) is 0 Å². The molecule has 7 nitrogen and oxygen atoms in total. The van der Waals surface area contributed by atoms with Crippen molar-refractivity contribution in [3.05, 3.63) is 65.0 Å². The highest BCUT2D eigenvalue weighted by molar-refractivity contribution is 6.27. The summed E-state index contributed by atoms with van der Waals surface area (Å²) >= 11 is 0. The lowest BCUT2D eigenvalue weighted by Crippen LogP contribution is -2.29. The molecular weight excluding hydrogens is 403 g/mol. The average Bonchev–Trinajstić information content (AvgIpc) is 2.69. The molecule has 31 heavy (non-hydrogen) atoms. The van der Waals surface area contributed by atoms with Gasteiger partial charge in [0.2, 0.25) is 5.91 Å². The minimum Gasteiger partial charge on any atom is -0.473 e. The van der Waals surface area contributed by atoms with Crippen LogP contribution < -0.4 is 10.6 Å². The van der Waals surface area contributed by atoms with Crippen molar-refractivity contribution < 1.29 is 29.0 Å². The molecule has 0 unspecified atom stereocenters. The van der Waals surface area contributed by atoms with Crippen molar-refractivity contribution in [3.8, 4) is 0 Å². The van der Waals surface area contributed by atoms with Gasteiger partial charge in [-0.1, -0.05) is 64.1 Å². The van der Waals surface area contributed by atoms with Gasteiger partial charge in [0.05, 0.1) is 6.54 Å². The topological polar surface area (TPSA) is 116 Å². The Morgan fingerprint density at radius 2 is 1.39 bits per heavy atom. The summed E-state index contributed by atoms with van der Waals surface area (Å²) in [4.78, 5) is 30.6. The Kier molecular flexibility index (Phi) is 10.3. The van der Waals surface area contributed by atoms with Crippen LogP contribution in [0.1, 0.15) is 56.2 Å². The molecule has 8 heteroatoms. The molecule has 0 aliphatic heterocycles. The largest absolute Gasteiger partial charge is 0.473 e. The molecule has 2 aromatic rings. The summed E-state index contributed by atoms with van der Waals surface area (Å²) in [6, 6.07) is 12.7. The lowest BCUT2D eigenvalue weighted by Gasteiger charge is -2.20. The lowest BCUT2D eigenvalue weighted by atomic mass is 9.92. The number of carbonyl (C=O) groups excluding carboxylic acids is 1. The smallest absolute Gasteiger partial charge is 0.414 e. The first-order valence-corrected chi connectivity index (χ1v) is 9.87. The third-order valence-electron chi connectivity index (χ3n) is 4.38. The van der Waals surface area contributed by atoms with E-state index in [1.54, 1.807) is 18.2 Å². The van der Waals surface area contributed by atoms with E-state index in [2.05, 4.69) is 50.5 Å². The Balaban J connectivity index is 0.000000703. The third-order valence-corrected chi connectivity index (χ3v) is 4.38. The third kappa shape index (κ3) is 8.55. The maximum atomic E-state index is 13.6. The molecule has 168 valence electrons. The molecule has 1 amide bonds. The van der Waals surface area contributed by atoms with Crippen LogP contribution in [0.4, 0.5) is 10.1 Å². The van der Waals surface area contributed by atoms with E-state index in [4.69, 9.17) is 19.8 Å². The molecule has 0 fully saturated rings. The molecule has 2 aromatic carbocycles. The average molecular weight is 432 g/mol. The zero-order valence-electron chi connectivity index (χ0n) is 18.1. The molecule has 0 bridgehead atoms. The van der Waals surface area contributed by atoms with E-state index in [-0.39, 0.29) is 18.3 Å². The summed E-state index contributed by atoms with van der Waals surface area (Å²) in [5, 5.41) is 20.8. The molecule has 0 saturated heterocycles. The Labute approximate surface area is 181 Å². The molecule has 0 spiro atoms. The van der Waals surface area contributed by atoms with Gasteiger partial charge in [-0.3, -0.25) is 4.79 Å². The Hall–Kier alpha value is -3.26. The van der Waals surface area contributed by atoms with Gasteiger partial charge >= 0.3 is 11.9 Å². The van der Waals surface area contributed by atoms with Crippen molar-refractivity contribution in [3.63, 3.8) is 0 Å². The van der Waals surface area contributed by atoms with Crippen molar-refractivity contribution in [1.82, 2.24) is 5.32 Å². The van der Waals surface area contributed by atoms with Crippen molar-refractivity contribution in [1.29, 1.82) is 0 Å². The fraction of sp³-hybridized carbons (Fsp3) is 0.348. The fourth-order valence-electron chi connectivity index (χ4n) is 2.83. The van der Waals surface area contributed by atoms with Gasteiger partial charge in [-0.25, -0.2) is 14.0 Å². The Bertz CT molecular complexity index is 874. The van der Waals surface area contributed by atoms with Crippen LogP contribution >= 0.6 is 0 Å². The maximum absolute atomic E-state index is 13.6. The summed E-state index contributed by atoms with van der Waals surface area (Å²) in [7, 11) is 0. The van der Waals surface area contributed by atoms with Gasteiger partial charge in [0.25, 0.3) is 0 Å². The zero-order valence-corrected chi connectivity index (χ0v) is 18.1. The number of anilines is 1. The number of carbonyl (C=O) groups is 3. The van der Waals surface area contributed by atoms with Crippen LogP contribution in [0, 0.1) is 5.82 Å². The van der Waals surface area contributed by atoms with Crippen molar-refractivity contribution >= 4 is 23.5 Å². The molecular formula is C23H29FN2O5. The number of aliphatic carboxylic acids is 2. The van der Waals surface area contributed by atoms with E-state index in [1.807, 2.05) is 6.07 Å². The second-order valence-corrected chi connectivity index (χ2v) is 7.47. The molecule has 0 atom stereocenters. The quantitative estimate of drug-likeness (QED) is 0.492. The van der Waals surface area contributed by atoms with Crippen LogP contribution in [-0.4, -0.2) is 34.6 Å². The molecule has 0 heterocycles. The van der Waals surface area contributed by atoms with Gasteiger partial charge < -0.3 is 20.8 Å². The number of nitrogens with one attached hydrogen (secondary N) is 2. The molecule has 4 N–H and O–H groups in total. The molecule has 0 saturated carbocycles. The van der Waals surface area contributed by atoms with Crippen LogP contribution in [0.2, 0.25) is 0 Å². The van der Waals surface area contributed by atoms with Gasteiger partial charge in [0.15, 0.2) is 0 Å². The number of hydrogen-bond acceptors (Lipinski definition) is 4. The maximum Gasteiger partial charge on any atom is 0.414 e. The summed E-state index contributed by atoms with van der Waals surface area (Å²) < 4.78 is 13.6. The van der Waals surface area contributed by atoms with Crippen molar-refractivity contribution in [2.45, 2.75) is 46.1 Å². The molecule has 0 aliphatic carbocycles. The van der Waals surface area contributed by atoms with Gasteiger partial charge in [0, 0.05) is 17.8 Å². The molecule has 2 rings (SSSR count). The van der Waals surface area contributed by atoms with E-state index < -0.39 is 11.9 Å². The standard InChI is InChI=1S/C21H27FN2O.C2H2O4/c1-14(2)17-9-7-10-18(15(3)4)21(17)24-20(25)13-23-12-16-8-5-6-11-19(16)22;3-1(4)2(5)6/h5-11,14-15,23H,12-13H2,1-4H3,(H,24,25);(H,3,4)(H,5,6). The van der Waals surface area contributed by atoms with E-state index >= 15 is 0 Å². The van der Waals surface area contributed by atoms with Crippen LogP contribution in [0.5, 0.6) is 0 Å². The van der Waals surface area contributed by atoms with Crippen LogP contribution in [0.3, 0.4) is 0 Å². The SMILES string of the molecule is CC(C)c1cccc(C(C)C)c1NC(=O)CNCc1ccccc1F.O=C(O)C(=O)O. The number of hydrogen-bond donors (Lipinski definition) is 4. The normalized spacial score (nSPS) is 10.4. The number of benzene rings is 2. The first kappa shape index (κ1) is 25.8. The number of para-hydroxylation sites is 1. The highest BCUT2D eigenvalue weighted by atomic mass is 19.1. The first-order chi connectivity index (χ1) is 14.5. The number of halogens is 1. The highest BCUT2D eigenvalue weighted by Crippen LogP contribution is 2.32. The predicted molar refractivity (Wildman–Crippen MR) is 117 cm³/mol. The minimum absolute atomic E-state index is 0.119. The van der Waals surface area contributed by atoms with E-state index in [1.165, 1.54) is 6.07 Å². The van der Waals surface area contributed by atoms with Crippen LogP contribution in [0.15, 0.2) is 42.5 Å². The van der Waals surface area contributed by atoms with E-state index in [0.717, 1.165) is 16.8 Å². The van der Waals surface area contributed by atoms with Gasteiger partial charge in [-0.05, 0) is 29.0 Å². The van der Waals surface area contributed by atoms with Crippen molar-refractivity contribution in [2.24, 2.45) is 0 Å². The minimum atomic E-state index is -1.82. The Morgan fingerprint density at radius 1 is 0.871 bits per heavy atom. The van der Waals surface area contributed by atoms with E-state index in [9.17, 15) is 9.18 Å². The monoisotopic (exact) mass is 432 g/mol. The summed E-state index contributed by atoms with van der Waals surface area (Å²) in [5.74, 6) is -3.39. The highest BCUT2D eigenvalue weighted by Gasteiger charge is 2.15. The van der Waals surface area contributed by atoms with E-state index in [0.29, 0.717) is 23.9 Å². The summed E-state index contributed by atoms with van der Waals surface area (Å²) in [6.45, 7) is 8.93. The van der Waals surface area contributed by atoms with Crippen LogP contribution in [0.25, 0.3) is 0 Å². The summed E-state index contributed by atoms with van der Waals surface area (Å²) in [6.07, 6.45) is 0. The molecule has 0 radical (unpaired) electrons. The van der Waals surface area contributed by atoms with Gasteiger partial charge in [-0.15, -0.1) is 0 Å². The second-order valence-electron chi connectivity index (χ2n) is 7.47. The van der Waals surface area contributed by atoms with Crippen molar-refractivity contribution in [2.75, 3.05) is 11.9 Å². The number of amides is 1. The zero-order chi connectivity index (χ0) is 23.6. The second kappa shape index (κ2) is 12.4. The number of rotatable bonds is 7. The number of carboxylic acids is 2. The lowest BCUT2D eigenvalue weighted by molar-refractivity contribution is -0.159. The molecule has 0 aromatic heterocycles. The fourth-order valence-corrected chi connectivity index (χ4v) is 2.83. The first-order valence-electron chi connectivity index (χ1n) is 9.87. The van der Waals surface area contributed by atoms with Crippen LogP contribution in [-0.2, 0) is 20.9 Å². The Morgan fingerprint density at radius 3 is 1.84 bits per heavy atom. The summed E-state index contributed by atoms with van der Waals surface area (Å²) in [5.41, 5.74) is 3.73. The number of carboxylic acid groups (broad SMARTS) is 2.